The van der Waals surface area contributed by atoms with E-state index in [1.807, 2.05) is 18.5 Å². The van der Waals surface area contributed by atoms with Crippen LogP contribution in [0.2, 0.25) is 0 Å². The molecule has 1 N–H and O–H groups in total. The zero-order valence-corrected chi connectivity index (χ0v) is 12.1. The number of rotatable bonds is 4. The second-order valence-corrected chi connectivity index (χ2v) is 5.27. The number of aromatic nitrogens is 2. The normalized spacial score (nSPS) is 15.7. The predicted octanol–water partition coefficient (Wildman–Crippen LogP) is 2.70. The number of fused-ring (bicyclic) bond motifs is 1. The highest BCUT2D eigenvalue weighted by Crippen LogP contribution is 2.22. The summed E-state index contributed by atoms with van der Waals surface area (Å²) in [5.41, 5.74) is 3.59. The van der Waals surface area contributed by atoms with E-state index in [-0.39, 0.29) is 6.10 Å². The van der Waals surface area contributed by atoms with Crippen LogP contribution >= 0.6 is 0 Å². The molecule has 1 unspecified atom stereocenters. The molecule has 1 aliphatic heterocycles. The third-order valence-corrected chi connectivity index (χ3v) is 3.79. The van der Waals surface area contributed by atoms with Crippen molar-refractivity contribution in [2.24, 2.45) is 0 Å². The number of nitrogens with one attached hydrogen (secondary N) is 1. The first-order valence-corrected chi connectivity index (χ1v) is 7.31. The summed E-state index contributed by atoms with van der Waals surface area (Å²) in [5, 5.41) is 3.35. The monoisotopic (exact) mass is 271 g/mol. The van der Waals surface area contributed by atoms with Crippen molar-refractivity contribution < 1.29 is 4.74 Å². The Hall–Kier alpha value is -1.81. The summed E-state index contributed by atoms with van der Waals surface area (Å²) in [6, 6.07) is 8.25. The summed E-state index contributed by atoms with van der Waals surface area (Å²) in [6.07, 6.45) is 4.19. The van der Waals surface area contributed by atoms with Gasteiger partial charge in [-0.05, 0) is 25.5 Å². The van der Waals surface area contributed by atoms with Gasteiger partial charge in [0.1, 0.15) is 5.75 Å². The van der Waals surface area contributed by atoms with Gasteiger partial charge in [0.15, 0.2) is 0 Å². The van der Waals surface area contributed by atoms with Crippen LogP contribution in [0.3, 0.4) is 0 Å². The van der Waals surface area contributed by atoms with Gasteiger partial charge in [-0.1, -0.05) is 13.0 Å². The first-order valence-electron chi connectivity index (χ1n) is 7.31. The summed E-state index contributed by atoms with van der Waals surface area (Å²) in [6.45, 7) is 6.11. The van der Waals surface area contributed by atoms with Crippen LogP contribution in [0.4, 0.5) is 0 Å². The van der Waals surface area contributed by atoms with E-state index in [4.69, 9.17) is 4.74 Å². The lowest BCUT2D eigenvalue weighted by Crippen LogP contribution is -2.24. The first-order chi connectivity index (χ1) is 9.78. The van der Waals surface area contributed by atoms with Crippen molar-refractivity contribution in [3.05, 3.63) is 42.0 Å². The molecule has 1 aromatic heterocycles. The van der Waals surface area contributed by atoms with E-state index >= 15 is 0 Å². The highest BCUT2D eigenvalue weighted by atomic mass is 16.5. The average molecular weight is 271 g/mol. The molecule has 0 bridgehead atoms. The van der Waals surface area contributed by atoms with Gasteiger partial charge in [-0.3, -0.25) is 0 Å². The molecule has 1 aromatic carbocycles. The Balaban J connectivity index is 1.90. The van der Waals surface area contributed by atoms with Crippen LogP contribution in [0, 0.1) is 0 Å². The third-order valence-electron chi connectivity index (χ3n) is 3.79. The fourth-order valence-electron chi connectivity index (χ4n) is 2.48. The Morgan fingerprint density at radius 2 is 2.35 bits per heavy atom. The molecule has 4 heteroatoms. The van der Waals surface area contributed by atoms with Crippen molar-refractivity contribution in [3.63, 3.8) is 0 Å². The molecule has 0 amide bonds. The number of hydrogen-bond donors (Lipinski definition) is 1. The fraction of sp³-hybridized carbons (Fsp3) is 0.438. The first kappa shape index (κ1) is 13.2. The Bertz CT molecular complexity index is 591. The van der Waals surface area contributed by atoms with Gasteiger partial charge in [0.05, 0.1) is 23.8 Å². The van der Waals surface area contributed by atoms with Crippen LogP contribution in [0.25, 0.3) is 5.69 Å². The zero-order valence-electron chi connectivity index (χ0n) is 12.1. The van der Waals surface area contributed by atoms with Crippen LogP contribution in [0.15, 0.2) is 30.6 Å². The van der Waals surface area contributed by atoms with Gasteiger partial charge >= 0.3 is 0 Å². The number of hydrogen-bond acceptors (Lipinski definition) is 3. The number of nitrogens with zero attached hydrogens (tertiary/aromatic N) is 2. The minimum atomic E-state index is 0.242. The molecule has 0 spiro atoms. The quantitative estimate of drug-likeness (QED) is 0.929. The third kappa shape index (κ3) is 2.56. The molecule has 2 aromatic rings. The summed E-state index contributed by atoms with van der Waals surface area (Å²) in [5.74, 6) is 0.924. The average Bonchev–Trinajstić information content (AvgIpc) is 2.91. The maximum atomic E-state index is 5.90. The van der Waals surface area contributed by atoms with Crippen LogP contribution in [-0.2, 0) is 13.0 Å². The number of benzene rings is 1. The molecule has 0 fully saturated rings. The van der Waals surface area contributed by atoms with Crippen LogP contribution in [0.1, 0.15) is 31.7 Å². The Labute approximate surface area is 119 Å². The summed E-state index contributed by atoms with van der Waals surface area (Å²) in [4.78, 5) is 4.50. The van der Waals surface area contributed by atoms with Gasteiger partial charge in [-0.25, -0.2) is 4.98 Å². The lowest BCUT2D eigenvalue weighted by Gasteiger charge is -2.17. The van der Waals surface area contributed by atoms with E-state index in [9.17, 15) is 0 Å². The van der Waals surface area contributed by atoms with Crippen molar-refractivity contribution in [1.29, 1.82) is 0 Å². The van der Waals surface area contributed by atoms with E-state index in [1.165, 1.54) is 5.69 Å². The molecule has 0 saturated carbocycles. The summed E-state index contributed by atoms with van der Waals surface area (Å²) in [7, 11) is 0. The lowest BCUT2D eigenvalue weighted by molar-refractivity contribution is 0.217. The highest BCUT2D eigenvalue weighted by Gasteiger charge is 2.15. The molecule has 0 radical (unpaired) electrons. The van der Waals surface area contributed by atoms with Crippen LogP contribution < -0.4 is 10.1 Å². The van der Waals surface area contributed by atoms with Crippen molar-refractivity contribution >= 4 is 0 Å². The number of imidazole rings is 1. The molecule has 20 heavy (non-hydrogen) atoms. The second-order valence-electron chi connectivity index (χ2n) is 5.27. The van der Waals surface area contributed by atoms with Crippen molar-refractivity contribution in [2.75, 3.05) is 6.54 Å². The zero-order chi connectivity index (χ0) is 13.9. The molecule has 1 aliphatic rings. The van der Waals surface area contributed by atoms with Gasteiger partial charge in [-0.15, -0.1) is 0 Å². The van der Waals surface area contributed by atoms with Crippen molar-refractivity contribution in [3.8, 4) is 11.4 Å². The van der Waals surface area contributed by atoms with E-state index < -0.39 is 0 Å². The molecule has 4 nitrogen and oxygen atoms in total. The van der Waals surface area contributed by atoms with E-state index in [1.54, 1.807) is 0 Å². The molecule has 2 heterocycles. The molecule has 0 saturated heterocycles. The molecular weight excluding hydrogens is 250 g/mol. The smallest absolute Gasteiger partial charge is 0.121 e. The maximum Gasteiger partial charge on any atom is 0.121 e. The van der Waals surface area contributed by atoms with E-state index in [0.717, 1.165) is 43.1 Å². The van der Waals surface area contributed by atoms with Crippen molar-refractivity contribution in [2.45, 2.75) is 39.3 Å². The standard InChI is InChI=1S/C16H21N3O/c1-3-12(2)20-14-6-4-5-13(9-14)19-11-18-15-10-17-8-7-16(15)19/h4-6,9,11-12,17H,3,7-8,10H2,1-2H3. The van der Waals surface area contributed by atoms with Gasteiger partial charge in [-0.2, -0.15) is 0 Å². The van der Waals surface area contributed by atoms with Crippen LogP contribution in [-0.4, -0.2) is 22.2 Å². The topological polar surface area (TPSA) is 39.1 Å². The second kappa shape index (κ2) is 5.67. The molecule has 1 atom stereocenters. The Morgan fingerprint density at radius 3 is 3.20 bits per heavy atom. The maximum absolute atomic E-state index is 5.90. The van der Waals surface area contributed by atoms with E-state index in [0.29, 0.717) is 0 Å². The summed E-state index contributed by atoms with van der Waals surface area (Å²) >= 11 is 0. The minimum absolute atomic E-state index is 0.242. The summed E-state index contributed by atoms with van der Waals surface area (Å²) < 4.78 is 8.08. The Kier molecular flexibility index (Phi) is 3.74. The molecular formula is C16H21N3O. The predicted molar refractivity (Wildman–Crippen MR) is 79.4 cm³/mol. The van der Waals surface area contributed by atoms with Crippen LogP contribution in [0.5, 0.6) is 5.75 Å². The molecule has 0 aliphatic carbocycles. The largest absolute Gasteiger partial charge is 0.491 e. The Morgan fingerprint density at radius 1 is 1.45 bits per heavy atom. The van der Waals surface area contributed by atoms with Gasteiger partial charge in [0.25, 0.3) is 0 Å². The SMILES string of the molecule is CCC(C)Oc1cccc(-n2cnc3c2CCNC3)c1. The van der Waals surface area contributed by atoms with Gasteiger partial charge < -0.3 is 14.6 Å². The van der Waals surface area contributed by atoms with E-state index in [2.05, 4.69) is 40.8 Å². The fourth-order valence-corrected chi connectivity index (χ4v) is 2.48. The lowest BCUT2D eigenvalue weighted by atomic mass is 10.1. The molecule has 3 rings (SSSR count). The van der Waals surface area contributed by atoms with Gasteiger partial charge in [0, 0.05) is 31.3 Å². The molecule has 106 valence electrons. The van der Waals surface area contributed by atoms with Gasteiger partial charge in [0.2, 0.25) is 0 Å². The van der Waals surface area contributed by atoms with Crippen molar-refractivity contribution in [1.82, 2.24) is 14.9 Å². The minimum Gasteiger partial charge on any atom is -0.491 e. The number of ether oxygens (including phenoxy) is 1. The highest BCUT2D eigenvalue weighted by molar-refractivity contribution is 5.41.